The standard InChI is InChI=1S/C16H27F3N4O3/c1-3-21(9-14(24)25)13-6-12(7-13)20-15(26)22-4-5-23(11(2)8-22)10-16(17,18)19/h11-13H,3-10H2,1-2H3,(H,20,26)(H,24,25). The molecule has 26 heavy (non-hydrogen) atoms. The third-order valence-corrected chi connectivity index (χ3v) is 5.14. The fraction of sp³-hybridized carbons (Fsp3) is 0.875. The molecule has 1 saturated carbocycles. The summed E-state index contributed by atoms with van der Waals surface area (Å²) in [7, 11) is 0. The van der Waals surface area contributed by atoms with Gasteiger partial charge >= 0.3 is 18.2 Å². The van der Waals surface area contributed by atoms with Crippen LogP contribution in [0.3, 0.4) is 0 Å². The monoisotopic (exact) mass is 380 g/mol. The molecule has 0 aromatic heterocycles. The maximum atomic E-state index is 12.5. The van der Waals surface area contributed by atoms with Gasteiger partial charge in [-0.2, -0.15) is 13.2 Å². The second-order valence-electron chi connectivity index (χ2n) is 7.11. The molecule has 10 heteroatoms. The van der Waals surface area contributed by atoms with Gasteiger partial charge in [-0.3, -0.25) is 14.6 Å². The van der Waals surface area contributed by atoms with E-state index in [1.165, 1.54) is 4.90 Å². The first-order valence-electron chi connectivity index (χ1n) is 8.91. The summed E-state index contributed by atoms with van der Waals surface area (Å²) in [5, 5.41) is 11.8. The molecule has 0 aromatic rings. The SMILES string of the molecule is CCN(CC(=O)O)C1CC(NC(=O)N2CCN(CC(F)(F)F)C(C)C2)C1. The molecule has 0 bridgehead atoms. The summed E-state index contributed by atoms with van der Waals surface area (Å²) in [5.74, 6) is -0.870. The highest BCUT2D eigenvalue weighted by molar-refractivity contribution is 5.75. The van der Waals surface area contributed by atoms with E-state index in [2.05, 4.69) is 5.32 Å². The van der Waals surface area contributed by atoms with Gasteiger partial charge < -0.3 is 15.3 Å². The summed E-state index contributed by atoms with van der Waals surface area (Å²) in [6.07, 6.45) is -2.85. The Morgan fingerprint density at radius 2 is 1.92 bits per heavy atom. The Hall–Kier alpha value is -1.55. The van der Waals surface area contributed by atoms with Crippen molar-refractivity contribution in [3.8, 4) is 0 Å². The zero-order valence-electron chi connectivity index (χ0n) is 15.1. The molecule has 150 valence electrons. The average Bonchev–Trinajstić information content (AvgIpc) is 2.48. The first-order chi connectivity index (χ1) is 12.1. The minimum absolute atomic E-state index is 0.0134. The zero-order valence-corrected chi connectivity index (χ0v) is 15.1. The lowest BCUT2D eigenvalue weighted by molar-refractivity contribution is -0.153. The first kappa shape index (κ1) is 20.8. The van der Waals surface area contributed by atoms with Crippen LogP contribution in [0.4, 0.5) is 18.0 Å². The topological polar surface area (TPSA) is 76.1 Å². The second-order valence-corrected chi connectivity index (χ2v) is 7.11. The van der Waals surface area contributed by atoms with E-state index < -0.39 is 18.7 Å². The van der Waals surface area contributed by atoms with Crippen molar-refractivity contribution in [1.82, 2.24) is 20.0 Å². The lowest BCUT2D eigenvalue weighted by Gasteiger charge is -2.44. The molecule has 2 N–H and O–H groups in total. The van der Waals surface area contributed by atoms with Crippen LogP contribution in [0.15, 0.2) is 0 Å². The van der Waals surface area contributed by atoms with Gasteiger partial charge in [-0.1, -0.05) is 6.92 Å². The number of hydrogen-bond donors (Lipinski definition) is 2. The third-order valence-electron chi connectivity index (χ3n) is 5.14. The number of carbonyl (C=O) groups excluding carboxylic acids is 1. The largest absolute Gasteiger partial charge is 0.480 e. The van der Waals surface area contributed by atoms with Crippen molar-refractivity contribution in [3.05, 3.63) is 0 Å². The predicted molar refractivity (Wildman–Crippen MR) is 88.9 cm³/mol. The summed E-state index contributed by atoms with van der Waals surface area (Å²) in [6.45, 7) is 3.98. The van der Waals surface area contributed by atoms with E-state index in [0.717, 1.165) is 0 Å². The molecule has 1 atom stereocenters. The number of carboxylic acids is 1. The first-order valence-corrected chi connectivity index (χ1v) is 8.91. The van der Waals surface area contributed by atoms with Gasteiger partial charge in [0, 0.05) is 37.8 Å². The van der Waals surface area contributed by atoms with Gasteiger partial charge in [0.15, 0.2) is 0 Å². The Morgan fingerprint density at radius 1 is 1.27 bits per heavy atom. The van der Waals surface area contributed by atoms with Crippen molar-refractivity contribution in [2.24, 2.45) is 0 Å². The molecule has 1 unspecified atom stereocenters. The van der Waals surface area contributed by atoms with Crippen molar-refractivity contribution in [2.75, 3.05) is 39.3 Å². The van der Waals surface area contributed by atoms with Crippen LogP contribution >= 0.6 is 0 Å². The molecule has 1 aliphatic heterocycles. The van der Waals surface area contributed by atoms with Crippen LogP contribution in [-0.2, 0) is 4.79 Å². The summed E-state index contributed by atoms with van der Waals surface area (Å²) >= 11 is 0. The lowest BCUT2D eigenvalue weighted by atomic mass is 9.85. The van der Waals surface area contributed by atoms with Crippen LogP contribution in [0.2, 0.25) is 0 Å². The number of aliphatic carboxylic acids is 1. The van der Waals surface area contributed by atoms with Gasteiger partial charge in [-0.25, -0.2) is 4.79 Å². The smallest absolute Gasteiger partial charge is 0.401 e. The highest BCUT2D eigenvalue weighted by Crippen LogP contribution is 2.26. The van der Waals surface area contributed by atoms with Gasteiger partial charge in [0.25, 0.3) is 0 Å². The molecule has 2 fully saturated rings. The fourth-order valence-electron chi connectivity index (χ4n) is 3.59. The number of nitrogens with zero attached hydrogens (tertiary/aromatic N) is 3. The van der Waals surface area contributed by atoms with Gasteiger partial charge in [-0.05, 0) is 26.3 Å². The number of alkyl halides is 3. The molecule has 1 saturated heterocycles. The molecular formula is C16H27F3N4O3. The van der Waals surface area contributed by atoms with Crippen molar-refractivity contribution in [1.29, 1.82) is 0 Å². The van der Waals surface area contributed by atoms with Crippen LogP contribution < -0.4 is 5.32 Å². The molecular weight excluding hydrogens is 353 g/mol. The minimum atomic E-state index is -4.24. The number of carboxylic acid groups (broad SMARTS) is 1. The lowest BCUT2D eigenvalue weighted by Crippen LogP contribution is -2.61. The Labute approximate surface area is 151 Å². The number of nitrogens with one attached hydrogen (secondary N) is 1. The Bertz CT molecular complexity index is 511. The molecule has 0 spiro atoms. The van der Waals surface area contributed by atoms with Crippen LogP contribution in [0.5, 0.6) is 0 Å². The highest BCUT2D eigenvalue weighted by atomic mass is 19.4. The summed E-state index contributed by atoms with van der Waals surface area (Å²) in [5.41, 5.74) is 0. The molecule has 2 amide bonds. The molecule has 2 aliphatic rings. The van der Waals surface area contributed by atoms with Crippen molar-refractivity contribution in [3.63, 3.8) is 0 Å². The molecule has 7 nitrogen and oxygen atoms in total. The zero-order chi connectivity index (χ0) is 19.5. The molecule has 2 rings (SSSR count). The van der Waals surface area contributed by atoms with Crippen molar-refractivity contribution < 1.29 is 27.9 Å². The Morgan fingerprint density at radius 3 is 2.42 bits per heavy atom. The van der Waals surface area contributed by atoms with Crippen LogP contribution in [0.1, 0.15) is 26.7 Å². The summed E-state index contributed by atoms with van der Waals surface area (Å²) in [6, 6.07) is -0.479. The van der Waals surface area contributed by atoms with Crippen LogP contribution in [0.25, 0.3) is 0 Å². The molecule has 0 radical (unpaired) electrons. The average molecular weight is 380 g/mol. The number of hydrogen-bond acceptors (Lipinski definition) is 4. The van der Waals surface area contributed by atoms with E-state index in [-0.39, 0.29) is 50.3 Å². The Balaban J connectivity index is 1.74. The second kappa shape index (κ2) is 8.43. The number of rotatable bonds is 6. The van der Waals surface area contributed by atoms with E-state index in [4.69, 9.17) is 5.11 Å². The normalized spacial score (nSPS) is 27.3. The summed E-state index contributed by atoms with van der Waals surface area (Å²) < 4.78 is 37.6. The number of piperazine rings is 1. The van der Waals surface area contributed by atoms with Crippen molar-refractivity contribution in [2.45, 2.75) is 51.0 Å². The molecule has 1 aliphatic carbocycles. The van der Waals surface area contributed by atoms with E-state index in [1.807, 2.05) is 11.8 Å². The Kier molecular flexibility index (Phi) is 6.73. The van der Waals surface area contributed by atoms with Crippen LogP contribution in [0, 0.1) is 0 Å². The number of carbonyl (C=O) groups is 2. The predicted octanol–water partition coefficient (Wildman–Crippen LogP) is 1.20. The maximum Gasteiger partial charge on any atom is 0.401 e. The highest BCUT2D eigenvalue weighted by Gasteiger charge is 2.38. The molecule has 0 aromatic carbocycles. The van der Waals surface area contributed by atoms with Gasteiger partial charge in [0.1, 0.15) is 0 Å². The number of amides is 2. The van der Waals surface area contributed by atoms with Gasteiger partial charge in [-0.15, -0.1) is 0 Å². The summed E-state index contributed by atoms with van der Waals surface area (Å²) in [4.78, 5) is 27.9. The van der Waals surface area contributed by atoms with Gasteiger partial charge in [0.05, 0.1) is 13.1 Å². The number of urea groups is 1. The fourth-order valence-corrected chi connectivity index (χ4v) is 3.59. The minimum Gasteiger partial charge on any atom is -0.480 e. The van der Waals surface area contributed by atoms with Gasteiger partial charge in [0.2, 0.25) is 0 Å². The van der Waals surface area contributed by atoms with E-state index in [9.17, 15) is 22.8 Å². The number of halogens is 3. The van der Waals surface area contributed by atoms with Crippen LogP contribution in [-0.4, -0.2) is 95.4 Å². The maximum absolute atomic E-state index is 12.5. The molecule has 1 heterocycles. The quantitative estimate of drug-likeness (QED) is 0.724. The number of likely N-dealkylation sites (N-methyl/N-ethyl adjacent to an activating group) is 1. The van der Waals surface area contributed by atoms with E-state index >= 15 is 0 Å². The van der Waals surface area contributed by atoms with Crippen molar-refractivity contribution >= 4 is 12.0 Å². The third kappa shape index (κ3) is 5.73. The van der Waals surface area contributed by atoms with E-state index in [1.54, 1.807) is 11.8 Å². The van der Waals surface area contributed by atoms with E-state index in [0.29, 0.717) is 19.4 Å².